The van der Waals surface area contributed by atoms with Gasteiger partial charge in [0.2, 0.25) is 0 Å². The third-order valence-electron chi connectivity index (χ3n) is 0.915. The molecule has 0 aromatic heterocycles. The van der Waals surface area contributed by atoms with Crippen LogP contribution in [0.5, 0.6) is 0 Å². The lowest BCUT2D eigenvalue weighted by Gasteiger charge is -1.98. The maximum absolute atomic E-state index is 8.21. The molecule has 46 valence electrons. The van der Waals surface area contributed by atoms with Crippen LogP contribution in [0.3, 0.4) is 0 Å². The monoisotopic (exact) mass is 223 g/mol. The van der Waals surface area contributed by atoms with E-state index in [0.717, 1.165) is 0 Å². The standard InChI is InChI=1S/C6H10IN/c1-2-3-6(7)4-5-8/h6H,2-4H2,1H3. The lowest BCUT2D eigenvalue weighted by molar-refractivity contribution is 0.772. The number of nitriles is 1. The van der Waals surface area contributed by atoms with Gasteiger partial charge in [0.25, 0.3) is 0 Å². The van der Waals surface area contributed by atoms with E-state index in [2.05, 4.69) is 35.6 Å². The van der Waals surface area contributed by atoms with Crippen molar-refractivity contribution in [2.45, 2.75) is 30.1 Å². The summed E-state index contributed by atoms with van der Waals surface area (Å²) in [4.78, 5) is 0. The van der Waals surface area contributed by atoms with Crippen LogP contribution in [0.4, 0.5) is 0 Å². The Kier molecular flexibility index (Phi) is 5.51. The Hall–Kier alpha value is 0.220. The molecule has 2 heteroatoms. The van der Waals surface area contributed by atoms with E-state index in [1.54, 1.807) is 0 Å². The zero-order valence-corrected chi connectivity index (χ0v) is 7.18. The second kappa shape index (κ2) is 5.36. The van der Waals surface area contributed by atoms with Gasteiger partial charge < -0.3 is 0 Å². The van der Waals surface area contributed by atoms with Gasteiger partial charge in [0.05, 0.1) is 6.07 Å². The predicted molar refractivity (Wildman–Crippen MR) is 42.9 cm³/mol. The number of hydrogen-bond acceptors (Lipinski definition) is 1. The third kappa shape index (κ3) is 4.38. The van der Waals surface area contributed by atoms with Gasteiger partial charge >= 0.3 is 0 Å². The van der Waals surface area contributed by atoms with Crippen molar-refractivity contribution < 1.29 is 0 Å². The second-order valence-corrected chi connectivity index (χ2v) is 3.51. The van der Waals surface area contributed by atoms with E-state index in [9.17, 15) is 0 Å². The van der Waals surface area contributed by atoms with Crippen molar-refractivity contribution in [2.75, 3.05) is 0 Å². The summed E-state index contributed by atoms with van der Waals surface area (Å²) in [5.74, 6) is 0. The normalized spacial score (nSPS) is 12.6. The molecule has 0 saturated carbocycles. The van der Waals surface area contributed by atoms with Gasteiger partial charge in [-0.2, -0.15) is 5.26 Å². The van der Waals surface area contributed by atoms with Gasteiger partial charge in [0.1, 0.15) is 0 Å². The van der Waals surface area contributed by atoms with Crippen LogP contribution < -0.4 is 0 Å². The smallest absolute Gasteiger partial charge is 0.0632 e. The van der Waals surface area contributed by atoms with E-state index in [0.29, 0.717) is 10.3 Å². The molecular weight excluding hydrogens is 213 g/mol. The molecule has 0 spiro atoms. The molecule has 1 nitrogen and oxygen atoms in total. The summed E-state index contributed by atoms with van der Waals surface area (Å²) in [7, 11) is 0. The molecule has 0 radical (unpaired) electrons. The van der Waals surface area contributed by atoms with Crippen molar-refractivity contribution in [3.05, 3.63) is 0 Å². The number of nitrogens with zero attached hydrogens (tertiary/aromatic N) is 1. The first-order chi connectivity index (χ1) is 3.81. The largest absolute Gasteiger partial charge is 0.198 e. The topological polar surface area (TPSA) is 23.8 Å². The molecule has 8 heavy (non-hydrogen) atoms. The third-order valence-corrected chi connectivity index (χ3v) is 1.98. The summed E-state index contributed by atoms with van der Waals surface area (Å²) < 4.78 is 0.572. The van der Waals surface area contributed by atoms with Gasteiger partial charge in [0.15, 0.2) is 0 Å². The number of hydrogen-bond donors (Lipinski definition) is 0. The van der Waals surface area contributed by atoms with Crippen molar-refractivity contribution in [1.29, 1.82) is 5.26 Å². The van der Waals surface area contributed by atoms with Crippen LogP contribution >= 0.6 is 22.6 Å². The average Bonchev–Trinajstić information content (AvgIpc) is 1.68. The summed E-state index contributed by atoms with van der Waals surface area (Å²) in [5, 5.41) is 8.21. The fourth-order valence-corrected chi connectivity index (χ4v) is 1.33. The quantitative estimate of drug-likeness (QED) is 0.532. The van der Waals surface area contributed by atoms with Gasteiger partial charge in [-0.1, -0.05) is 35.9 Å². The van der Waals surface area contributed by atoms with Gasteiger partial charge in [-0.3, -0.25) is 0 Å². The minimum atomic E-state index is 0.572. The highest BCUT2D eigenvalue weighted by Gasteiger charge is 1.98. The van der Waals surface area contributed by atoms with E-state index in [4.69, 9.17) is 5.26 Å². The molecule has 1 unspecified atom stereocenters. The van der Waals surface area contributed by atoms with Crippen LogP contribution in [0.25, 0.3) is 0 Å². The molecule has 1 atom stereocenters. The molecule has 0 aliphatic rings. The molecule has 0 bridgehead atoms. The summed E-state index contributed by atoms with van der Waals surface area (Å²) in [5.41, 5.74) is 0. The number of alkyl halides is 1. The fourth-order valence-electron chi connectivity index (χ4n) is 0.514. The molecule has 0 fully saturated rings. The molecular formula is C6H10IN. The first kappa shape index (κ1) is 8.22. The highest BCUT2D eigenvalue weighted by molar-refractivity contribution is 14.1. The fraction of sp³-hybridized carbons (Fsp3) is 0.833. The van der Waals surface area contributed by atoms with E-state index in [1.165, 1.54) is 12.8 Å². The van der Waals surface area contributed by atoms with Crippen LogP contribution in [0, 0.1) is 11.3 Å². The lowest BCUT2D eigenvalue weighted by Crippen LogP contribution is -1.92. The lowest BCUT2D eigenvalue weighted by atomic mass is 10.2. The Labute approximate surface area is 64.2 Å². The Morgan fingerprint density at radius 2 is 2.38 bits per heavy atom. The summed E-state index contributed by atoms with van der Waals surface area (Å²) in [6.45, 7) is 2.14. The van der Waals surface area contributed by atoms with Crippen molar-refractivity contribution in [1.82, 2.24) is 0 Å². The predicted octanol–water partition coefficient (Wildman–Crippen LogP) is 2.50. The highest BCUT2D eigenvalue weighted by Crippen LogP contribution is 2.10. The van der Waals surface area contributed by atoms with E-state index in [1.807, 2.05) is 0 Å². The van der Waals surface area contributed by atoms with Gasteiger partial charge in [-0.15, -0.1) is 0 Å². The Morgan fingerprint density at radius 3 is 2.75 bits per heavy atom. The van der Waals surface area contributed by atoms with Crippen LogP contribution in [0.15, 0.2) is 0 Å². The first-order valence-corrected chi connectivity index (χ1v) is 4.06. The maximum atomic E-state index is 8.21. The van der Waals surface area contributed by atoms with Crippen LogP contribution in [0.2, 0.25) is 0 Å². The molecule has 0 N–H and O–H groups in total. The number of halogens is 1. The summed E-state index contributed by atoms with van der Waals surface area (Å²) >= 11 is 2.32. The maximum Gasteiger partial charge on any atom is 0.0632 e. The van der Waals surface area contributed by atoms with Crippen molar-refractivity contribution in [2.24, 2.45) is 0 Å². The SMILES string of the molecule is CCCC(I)CC#N. The Bertz CT molecular complexity index is 85.0. The minimum Gasteiger partial charge on any atom is -0.198 e. The molecule has 0 heterocycles. The number of rotatable bonds is 3. The zero-order chi connectivity index (χ0) is 6.41. The molecule has 0 saturated heterocycles. The highest BCUT2D eigenvalue weighted by atomic mass is 127. The second-order valence-electron chi connectivity index (χ2n) is 1.75. The Morgan fingerprint density at radius 1 is 1.75 bits per heavy atom. The van der Waals surface area contributed by atoms with Crippen molar-refractivity contribution in [3.63, 3.8) is 0 Å². The first-order valence-electron chi connectivity index (χ1n) is 2.82. The molecule has 0 aliphatic carbocycles. The van der Waals surface area contributed by atoms with Gasteiger partial charge in [-0.05, 0) is 6.42 Å². The average molecular weight is 223 g/mol. The van der Waals surface area contributed by atoms with E-state index in [-0.39, 0.29) is 0 Å². The zero-order valence-electron chi connectivity index (χ0n) is 5.02. The van der Waals surface area contributed by atoms with Crippen LogP contribution in [0.1, 0.15) is 26.2 Å². The Balaban J connectivity index is 3.08. The summed E-state index contributed by atoms with van der Waals surface area (Å²) in [6.07, 6.45) is 3.07. The van der Waals surface area contributed by atoms with E-state index < -0.39 is 0 Å². The summed E-state index contributed by atoms with van der Waals surface area (Å²) in [6, 6.07) is 2.14. The van der Waals surface area contributed by atoms with Crippen molar-refractivity contribution >= 4 is 22.6 Å². The molecule has 0 aliphatic heterocycles. The molecule has 0 rings (SSSR count). The molecule has 0 aromatic rings. The minimum absolute atomic E-state index is 0.572. The van der Waals surface area contributed by atoms with E-state index >= 15 is 0 Å². The van der Waals surface area contributed by atoms with Crippen LogP contribution in [-0.4, -0.2) is 3.92 Å². The van der Waals surface area contributed by atoms with Crippen LogP contribution in [-0.2, 0) is 0 Å². The van der Waals surface area contributed by atoms with Gasteiger partial charge in [0, 0.05) is 10.3 Å². The molecule has 0 amide bonds. The molecule has 0 aromatic carbocycles. The van der Waals surface area contributed by atoms with Crippen molar-refractivity contribution in [3.8, 4) is 6.07 Å². The van der Waals surface area contributed by atoms with Gasteiger partial charge in [-0.25, -0.2) is 0 Å².